The van der Waals surface area contributed by atoms with Gasteiger partial charge in [0.05, 0.1) is 50.5 Å². The summed E-state index contributed by atoms with van der Waals surface area (Å²) in [6, 6.07) is 5.11. The van der Waals surface area contributed by atoms with Gasteiger partial charge in [0.15, 0.2) is 93.1 Å². The molecule has 0 aliphatic carbocycles. The molecule has 3 aromatic heterocycles. The molecule has 350 valence electrons. The zero-order valence-electron chi connectivity index (χ0n) is 34.8. The van der Waals surface area contributed by atoms with Crippen molar-refractivity contribution in [2.75, 3.05) is 0 Å². The molecule has 0 amide bonds. The van der Waals surface area contributed by atoms with E-state index in [1.54, 1.807) is 0 Å². The van der Waals surface area contributed by atoms with Crippen molar-refractivity contribution in [1.29, 1.82) is 0 Å². The van der Waals surface area contributed by atoms with Crippen LogP contribution in [0.4, 0.5) is 87.8 Å². The quantitative estimate of drug-likeness (QED) is 0.0799. The average Bonchev–Trinajstić information content (AvgIpc) is 4.13. The number of hydrogen-bond acceptors (Lipinski definition) is 2. The summed E-state index contributed by atoms with van der Waals surface area (Å²) in [5.74, 6) is -58.8. The molecule has 25 heteroatoms. The van der Waals surface area contributed by atoms with Crippen molar-refractivity contribution in [2.45, 2.75) is 0 Å². The Morgan fingerprint density at radius 3 is 1.07 bits per heavy atom. The number of halogens is 20. The van der Waals surface area contributed by atoms with E-state index < -0.39 is 189 Å². The van der Waals surface area contributed by atoms with Gasteiger partial charge < -0.3 is 12.8 Å². The van der Waals surface area contributed by atoms with Crippen LogP contribution in [0.3, 0.4) is 0 Å². The van der Waals surface area contributed by atoms with Gasteiger partial charge in [-0.15, -0.1) is 0 Å². The first-order valence-corrected chi connectivity index (χ1v) is 18.3. The molecule has 2 aliphatic heterocycles. The summed E-state index contributed by atoms with van der Waals surface area (Å²) in [5.41, 5.74) is -24.0. The standard InChI is InChI=1S/C44H10F20N4.Mg.2H/c45-23-16(24(46)32(54)39(61)31(23)53)14-7-13-6-11-2-1-9(65-11)5-10-3-4-12(66-10)8-15-17(19-25(47)33(55)40(62)34(56)26(19)48)18(20-27(49)35(57)41(63)36(58)28(20)50)44(68-15)22(43(14)67-13)21-29(51)37(59)42(64)38(60)30(21)52;;;/h1-8,65,68H;;;/q;+2;2*-1. The predicted octanol–water partition coefficient (Wildman–Crippen LogP) is 13.7. The SMILES string of the molecule is Fc1c(F)c(F)c(C2=Cc3cc4ccc(cc5nc(cc6[nH]c(c(-c7c(F)c(F)c(F)c(F)c7F)c2n3)c(-c2c(F)c(F)c(F)c(F)c2F)c6-c2c(F)c(F)c(F)c(F)c2F)C=C5)[nH]4)c(F)c1F.[H-].[H-].[Mg+2]. The maximum absolute atomic E-state index is 16.4. The van der Waals surface area contributed by atoms with Gasteiger partial charge in [0.25, 0.3) is 0 Å². The van der Waals surface area contributed by atoms with Crippen molar-refractivity contribution < 1.29 is 90.7 Å². The van der Waals surface area contributed by atoms with Crippen LogP contribution < -0.4 is 0 Å². The Balaban J connectivity index is 0.00000275. The van der Waals surface area contributed by atoms with Crippen molar-refractivity contribution in [3.8, 4) is 33.4 Å². The van der Waals surface area contributed by atoms with E-state index in [1.807, 2.05) is 4.98 Å². The third-order valence-electron chi connectivity index (χ3n) is 10.5. The summed E-state index contributed by atoms with van der Waals surface area (Å²) < 4.78 is 310. The van der Waals surface area contributed by atoms with E-state index in [0.29, 0.717) is 12.1 Å². The molecule has 4 aromatic carbocycles. The molecule has 2 aliphatic rings. The normalized spacial score (nSPS) is 12.3. The summed E-state index contributed by atoms with van der Waals surface area (Å²) >= 11 is 0. The smallest absolute Gasteiger partial charge is 1.00 e. The minimum absolute atomic E-state index is 0. The number of aromatic amines is 2. The second-order valence-corrected chi connectivity index (χ2v) is 14.4. The zero-order chi connectivity index (χ0) is 49.3. The summed E-state index contributed by atoms with van der Waals surface area (Å²) in [7, 11) is 0. The van der Waals surface area contributed by atoms with Gasteiger partial charge >= 0.3 is 23.1 Å². The van der Waals surface area contributed by atoms with Gasteiger partial charge in [-0.3, -0.25) is 0 Å². The predicted molar refractivity (Wildman–Crippen MR) is 207 cm³/mol. The average molecular weight is 1000 g/mol. The number of rotatable bonds is 4. The Labute approximate surface area is 387 Å². The Bertz CT molecular complexity index is 3610. The van der Waals surface area contributed by atoms with Gasteiger partial charge in [-0.05, 0) is 48.6 Å². The molecule has 8 bridgehead atoms. The molecule has 0 atom stereocenters. The van der Waals surface area contributed by atoms with Crippen molar-refractivity contribution in [2.24, 2.45) is 0 Å². The summed E-state index contributed by atoms with van der Waals surface area (Å²) in [6.07, 6.45) is 2.52. The first-order valence-electron chi connectivity index (χ1n) is 18.3. The number of hydrogen-bond donors (Lipinski definition) is 2. The molecule has 0 fully saturated rings. The van der Waals surface area contributed by atoms with E-state index in [0.717, 1.165) is 12.1 Å². The van der Waals surface area contributed by atoms with Crippen LogP contribution in [0.1, 0.15) is 31.2 Å². The third-order valence-corrected chi connectivity index (χ3v) is 10.5. The molecule has 0 spiro atoms. The summed E-state index contributed by atoms with van der Waals surface area (Å²) in [4.78, 5) is 12.7. The van der Waals surface area contributed by atoms with Gasteiger partial charge in [-0.25, -0.2) is 97.8 Å². The van der Waals surface area contributed by atoms with Crippen LogP contribution in [0.2, 0.25) is 0 Å². The van der Waals surface area contributed by atoms with Crippen molar-refractivity contribution in [3.63, 3.8) is 0 Å². The van der Waals surface area contributed by atoms with E-state index >= 15 is 61.5 Å². The molecular weight excluding hydrogens is 989 g/mol. The molecule has 4 nitrogen and oxygen atoms in total. The molecule has 9 rings (SSSR count). The topological polar surface area (TPSA) is 57.4 Å². The van der Waals surface area contributed by atoms with Gasteiger partial charge in [0, 0.05) is 38.8 Å². The van der Waals surface area contributed by atoms with Crippen molar-refractivity contribution in [3.05, 3.63) is 175 Å². The number of nitrogens with one attached hydrogen (secondary N) is 2. The molecule has 2 N–H and O–H groups in total. The molecular formula is C44H12F20MgN4. The summed E-state index contributed by atoms with van der Waals surface area (Å²) in [6.45, 7) is 0. The molecule has 0 saturated carbocycles. The second kappa shape index (κ2) is 17.1. The van der Waals surface area contributed by atoms with E-state index in [4.69, 9.17) is 0 Å². The van der Waals surface area contributed by atoms with Crippen LogP contribution >= 0.6 is 0 Å². The van der Waals surface area contributed by atoms with Gasteiger partial charge in [-0.2, -0.15) is 0 Å². The first kappa shape index (κ1) is 48.3. The fourth-order valence-electron chi connectivity index (χ4n) is 7.51. The number of fused-ring (bicyclic) bond motifs is 8. The Morgan fingerprint density at radius 1 is 0.319 bits per heavy atom. The number of H-pyrrole nitrogens is 2. The van der Waals surface area contributed by atoms with E-state index in [2.05, 4.69) is 15.0 Å². The first-order chi connectivity index (χ1) is 32.0. The largest absolute Gasteiger partial charge is 2.00 e. The molecule has 7 aromatic rings. The van der Waals surface area contributed by atoms with Crippen LogP contribution in [-0.2, 0) is 0 Å². The molecule has 69 heavy (non-hydrogen) atoms. The van der Waals surface area contributed by atoms with E-state index in [1.165, 1.54) is 24.3 Å². The van der Waals surface area contributed by atoms with Gasteiger partial charge in [-0.1, -0.05) is 0 Å². The van der Waals surface area contributed by atoms with Gasteiger partial charge in [0.2, 0.25) is 23.3 Å². The minimum Gasteiger partial charge on any atom is -1.00 e. The fraction of sp³-hybridized carbons (Fsp3) is 0. The maximum atomic E-state index is 16.4. The van der Waals surface area contributed by atoms with Crippen molar-refractivity contribution in [1.82, 2.24) is 19.9 Å². The minimum atomic E-state index is -3.05. The fourth-order valence-corrected chi connectivity index (χ4v) is 7.51. The van der Waals surface area contributed by atoms with Crippen molar-refractivity contribution >= 4 is 68.9 Å². The van der Waals surface area contributed by atoms with Crippen LogP contribution in [0.15, 0.2) is 30.3 Å². The van der Waals surface area contributed by atoms with Crippen LogP contribution in [-0.4, -0.2) is 43.0 Å². The number of aromatic nitrogens is 4. The monoisotopic (exact) mass is 1000 g/mol. The molecule has 0 saturated heterocycles. The Hall–Kier alpha value is -7.15. The van der Waals surface area contributed by atoms with E-state index in [-0.39, 0.29) is 42.6 Å². The second-order valence-electron chi connectivity index (χ2n) is 14.4. The third kappa shape index (κ3) is 7.22. The van der Waals surface area contributed by atoms with Crippen LogP contribution in [0.25, 0.3) is 79.2 Å². The van der Waals surface area contributed by atoms with E-state index in [9.17, 15) is 26.3 Å². The molecule has 5 heterocycles. The van der Waals surface area contributed by atoms with Crippen LogP contribution in [0.5, 0.6) is 0 Å². The van der Waals surface area contributed by atoms with Crippen LogP contribution in [0, 0.1) is 116 Å². The Morgan fingerprint density at radius 2 is 0.652 bits per heavy atom. The molecule has 0 radical (unpaired) electrons. The maximum Gasteiger partial charge on any atom is 2.00 e. The summed E-state index contributed by atoms with van der Waals surface area (Å²) in [5, 5.41) is 0. The molecule has 0 unspecified atom stereocenters. The zero-order valence-corrected chi connectivity index (χ0v) is 34.2. The number of benzene rings is 4. The Kier molecular flexibility index (Phi) is 12.0. The number of nitrogens with zero attached hydrogens (tertiary/aromatic N) is 2. The van der Waals surface area contributed by atoms with Gasteiger partial charge in [0.1, 0.15) is 0 Å².